The van der Waals surface area contributed by atoms with E-state index in [0.29, 0.717) is 16.8 Å². The number of benzene rings is 2. The third-order valence-electron chi connectivity index (χ3n) is 4.22. The largest absolute Gasteiger partial charge is 0.399 e. The molecule has 0 aromatic heterocycles. The Morgan fingerprint density at radius 3 is 1.95 bits per heavy atom. The van der Waals surface area contributed by atoms with Crippen molar-refractivity contribution in [3.63, 3.8) is 0 Å². The molecule has 0 saturated carbocycles. The van der Waals surface area contributed by atoms with Crippen LogP contribution in [0.3, 0.4) is 0 Å². The van der Waals surface area contributed by atoms with Gasteiger partial charge in [-0.3, -0.25) is 14.8 Å². The number of carbonyl (C=O) groups is 2. The van der Waals surface area contributed by atoms with Gasteiger partial charge < -0.3 is 15.9 Å². The van der Waals surface area contributed by atoms with Crippen LogP contribution in [0.4, 0.5) is 5.69 Å². The standard InChI is InChI=1S/C22H21N3O3.C4H8N2O.C3H8/c1-15(2)20(22(27)25-28)24-21(26)18-11-7-16(8-12-18)5-3-4-6-17-9-13-19(23)14-10-17;1-3-4-5-6-7-2;1-3-2/h7-15,20,28H,23H2,1-2H3,(H,24,26)(H,25,27);3-4H,1-2H3;3H2,1-2H3/b;4-3-,6-5?;. The number of carbonyl (C=O) groups excluding carboxylic acids is 2. The Bertz CT molecular complexity index is 1150. The minimum atomic E-state index is -0.833. The van der Waals surface area contributed by atoms with Gasteiger partial charge in [-0.2, -0.15) is 0 Å². The number of allylic oxidation sites excluding steroid dienone is 1. The molecule has 0 aliphatic rings. The van der Waals surface area contributed by atoms with Crippen LogP contribution >= 0.6 is 0 Å². The summed E-state index contributed by atoms with van der Waals surface area (Å²) in [6.45, 7) is 9.64. The van der Waals surface area contributed by atoms with Crippen molar-refractivity contribution in [3.05, 3.63) is 77.5 Å². The van der Waals surface area contributed by atoms with E-state index in [1.165, 1.54) is 13.5 Å². The van der Waals surface area contributed by atoms with Crippen molar-refractivity contribution < 1.29 is 19.6 Å². The van der Waals surface area contributed by atoms with Crippen LogP contribution in [-0.2, 0) is 9.63 Å². The molecule has 202 valence electrons. The maximum Gasteiger partial charge on any atom is 0.266 e. The number of anilines is 1. The molecule has 0 aliphatic heterocycles. The predicted molar refractivity (Wildman–Crippen MR) is 150 cm³/mol. The maximum absolute atomic E-state index is 12.3. The number of nitrogens with one attached hydrogen (secondary N) is 2. The van der Waals surface area contributed by atoms with Gasteiger partial charge in [0.1, 0.15) is 13.2 Å². The lowest BCUT2D eigenvalue weighted by atomic mass is 10.0. The molecule has 0 spiro atoms. The summed E-state index contributed by atoms with van der Waals surface area (Å²) in [6.07, 6.45) is 4.56. The summed E-state index contributed by atoms with van der Waals surface area (Å²) in [4.78, 5) is 28.2. The average molecular weight is 520 g/mol. The smallest absolute Gasteiger partial charge is 0.266 e. The number of nitrogen functional groups attached to an aromatic ring is 1. The van der Waals surface area contributed by atoms with Crippen molar-refractivity contribution >= 4 is 17.5 Å². The van der Waals surface area contributed by atoms with Gasteiger partial charge in [0.2, 0.25) is 0 Å². The van der Waals surface area contributed by atoms with Crippen LogP contribution < -0.4 is 16.5 Å². The Hall–Kier alpha value is -4.60. The molecule has 2 rings (SSSR count). The molecule has 9 nitrogen and oxygen atoms in total. The first-order valence-corrected chi connectivity index (χ1v) is 12.0. The van der Waals surface area contributed by atoms with E-state index in [9.17, 15) is 9.59 Å². The molecule has 2 amide bonds. The van der Waals surface area contributed by atoms with Crippen molar-refractivity contribution in [2.45, 2.75) is 47.1 Å². The minimum absolute atomic E-state index is 0.180. The van der Waals surface area contributed by atoms with Crippen LogP contribution in [-0.4, -0.2) is 30.2 Å². The number of rotatable bonds is 6. The Morgan fingerprint density at radius 2 is 1.53 bits per heavy atom. The molecule has 38 heavy (non-hydrogen) atoms. The Labute approximate surface area is 225 Å². The molecular formula is C29H37N5O4. The highest BCUT2D eigenvalue weighted by Gasteiger charge is 2.24. The van der Waals surface area contributed by atoms with Crippen molar-refractivity contribution in [1.82, 2.24) is 10.8 Å². The topological polar surface area (TPSA) is 138 Å². The summed E-state index contributed by atoms with van der Waals surface area (Å²) in [5.74, 6) is 10.1. The zero-order valence-corrected chi connectivity index (χ0v) is 22.8. The molecule has 9 heteroatoms. The fourth-order valence-corrected chi connectivity index (χ4v) is 2.45. The van der Waals surface area contributed by atoms with Crippen LogP contribution in [0.25, 0.3) is 0 Å². The van der Waals surface area contributed by atoms with Crippen molar-refractivity contribution in [3.8, 4) is 23.7 Å². The molecule has 0 fully saturated rings. The number of hydrogen-bond acceptors (Lipinski definition) is 7. The molecule has 5 N–H and O–H groups in total. The average Bonchev–Trinajstić information content (AvgIpc) is 2.91. The van der Waals surface area contributed by atoms with Crippen molar-refractivity contribution in [1.29, 1.82) is 0 Å². The van der Waals surface area contributed by atoms with Crippen molar-refractivity contribution in [2.75, 3.05) is 12.8 Å². The van der Waals surface area contributed by atoms with E-state index in [1.807, 2.05) is 19.1 Å². The molecule has 0 saturated heterocycles. The van der Waals surface area contributed by atoms with E-state index in [-0.39, 0.29) is 5.92 Å². The zero-order chi connectivity index (χ0) is 28.8. The maximum atomic E-state index is 12.3. The fourth-order valence-electron chi connectivity index (χ4n) is 2.45. The van der Waals surface area contributed by atoms with Gasteiger partial charge in [-0.25, -0.2) is 5.48 Å². The van der Waals surface area contributed by atoms with Gasteiger partial charge in [0.25, 0.3) is 11.8 Å². The summed E-state index contributed by atoms with van der Waals surface area (Å²) in [6, 6.07) is 13.0. The highest BCUT2D eigenvalue weighted by atomic mass is 16.6. The van der Waals surface area contributed by atoms with Crippen LogP contribution in [0.5, 0.6) is 0 Å². The number of hydrogen-bond donors (Lipinski definition) is 4. The number of hydroxylamine groups is 1. The molecule has 1 unspecified atom stereocenters. The Morgan fingerprint density at radius 1 is 1.03 bits per heavy atom. The van der Waals surface area contributed by atoms with Crippen LogP contribution in [0.15, 0.2) is 71.2 Å². The van der Waals surface area contributed by atoms with Gasteiger partial charge in [-0.05, 0) is 73.2 Å². The Kier molecular flexibility index (Phi) is 18.1. The molecule has 0 radical (unpaired) electrons. The van der Waals surface area contributed by atoms with Gasteiger partial charge in [-0.15, -0.1) is 5.11 Å². The summed E-state index contributed by atoms with van der Waals surface area (Å²) in [5, 5.41) is 18.0. The third-order valence-corrected chi connectivity index (χ3v) is 4.22. The van der Waals surface area contributed by atoms with Gasteiger partial charge in [0.05, 0.1) is 0 Å². The van der Waals surface area contributed by atoms with Crippen molar-refractivity contribution in [2.24, 2.45) is 16.3 Å². The fraction of sp³-hybridized carbons (Fsp3) is 0.310. The van der Waals surface area contributed by atoms with Crippen LogP contribution in [0.2, 0.25) is 0 Å². The second kappa shape index (κ2) is 20.6. The van der Waals surface area contributed by atoms with E-state index in [1.54, 1.807) is 68.0 Å². The monoisotopic (exact) mass is 519 g/mol. The predicted octanol–water partition coefficient (Wildman–Crippen LogP) is 4.88. The molecule has 0 heterocycles. The molecule has 2 aromatic rings. The highest BCUT2D eigenvalue weighted by molar-refractivity contribution is 5.97. The molecule has 1 atom stereocenters. The number of amides is 2. The second-order valence-electron chi connectivity index (χ2n) is 7.94. The van der Waals surface area contributed by atoms with E-state index in [0.717, 1.165) is 5.56 Å². The summed E-state index contributed by atoms with van der Waals surface area (Å²) in [5.41, 5.74) is 9.77. The molecular weight excluding hydrogens is 482 g/mol. The molecule has 0 bridgehead atoms. The SMILES string of the molecule is C/C=C\N=NOC.CC(C)C(NC(=O)c1ccc(C#CC#Cc2ccc(N)cc2)cc1)C(=O)NO.CCC. The van der Waals surface area contributed by atoms with E-state index < -0.39 is 17.9 Å². The first-order valence-electron chi connectivity index (χ1n) is 12.0. The van der Waals surface area contributed by atoms with E-state index in [4.69, 9.17) is 10.9 Å². The zero-order valence-electron chi connectivity index (χ0n) is 22.8. The van der Waals surface area contributed by atoms with E-state index in [2.05, 4.69) is 58.1 Å². The van der Waals surface area contributed by atoms with Gasteiger partial charge >= 0.3 is 0 Å². The number of nitrogens with zero attached hydrogens (tertiary/aromatic N) is 2. The van der Waals surface area contributed by atoms with E-state index >= 15 is 0 Å². The lowest BCUT2D eigenvalue weighted by Gasteiger charge is -2.20. The first kappa shape index (κ1) is 33.4. The normalized spacial score (nSPS) is 10.4. The summed E-state index contributed by atoms with van der Waals surface area (Å²) in [7, 11) is 1.45. The van der Waals surface area contributed by atoms with Gasteiger partial charge in [0.15, 0.2) is 0 Å². The quantitative estimate of drug-likeness (QED) is 0.142. The lowest BCUT2D eigenvalue weighted by Crippen LogP contribution is -2.48. The van der Waals surface area contributed by atoms with Crippen LogP contribution in [0, 0.1) is 29.6 Å². The first-order chi connectivity index (χ1) is 18.2. The van der Waals surface area contributed by atoms with Gasteiger partial charge in [-0.1, -0.05) is 52.0 Å². The molecule has 0 aliphatic carbocycles. The Balaban J connectivity index is 0.00000117. The second-order valence-corrected chi connectivity index (χ2v) is 7.94. The highest BCUT2D eigenvalue weighted by Crippen LogP contribution is 2.07. The summed E-state index contributed by atoms with van der Waals surface area (Å²) >= 11 is 0. The third kappa shape index (κ3) is 14.7. The number of nitrogens with two attached hydrogens (primary N) is 1. The molecule has 2 aromatic carbocycles. The van der Waals surface area contributed by atoms with Crippen LogP contribution in [0.1, 0.15) is 62.5 Å². The summed E-state index contributed by atoms with van der Waals surface area (Å²) < 4.78 is 0. The van der Waals surface area contributed by atoms with Gasteiger partial charge in [0, 0.05) is 33.9 Å². The lowest BCUT2D eigenvalue weighted by molar-refractivity contribution is -0.132. The minimum Gasteiger partial charge on any atom is -0.399 e.